The van der Waals surface area contributed by atoms with Gasteiger partial charge in [-0.2, -0.15) is 5.26 Å². The molecule has 0 atom stereocenters. The van der Waals surface area contributed by atoms with Gasteiger partial charge in [0.2, 0.25) is 0 Å². The van der Waals surface area contributed by atoms with E-state index in [0.29, 0.717) is 29.9 Å². The maximum Gasteiger partial charge on any atom is 0.323 e. The van der Waals surface area contributed by atoms with Crippen LogP contribution in [0.15, 0.2) is 65.6 Å². The lowest BCUT2D eigenvalue weighted by atomic mass is 10.1. The van der Waals surface area contributed by atoms with Crippen LogP contribution in [0.4, 0.5) is 5.69 Å². The zero-order valence-corrected chi connectivity index (χ0v) is 15.0. The van der Waals surface area contributed by atoms with Crippen molar-refractivity contribution in [2.45, 2.75) is 13.0 Å². The summed E-state index contributed by atoms with van der Waals surface area (Å²) in [4.78, 5) is 28.3. The predicted octanol–water partition coefficient (Wildman–Crippen LogP) is 2.52. The van der Waals surface area contributed by atoms with Crippen molar-refractivity contribution in [2.24, 2.45) is 0 Å². The molecule has 0 fully saturated rings. The van der Waals surface area contributed by atoms with Crippen molar-refractivity contribution >= 4 is 11.7 Å². The molecule has 0 aliphatic rings. The lowest BCUT2D eigenvalue weighted by Crippen LogP contribution is -2.29. The largest absolute Gasteiger partial charge is 0.480 e. The molecular formula is C21H18N4O3. The summed E-state index contributed by atoms with van der Waals surface area (Å²) in [7, 11) is 0. The SMILES string of the molecule is N#Cc1ccc(CCNc2cnc(-c3ccccc3)n(CC(=O)O)c2=O)cc1. The van der Waals surface area contributed by atoms with E-state index in [1.54, 1.807) is 36.4 Å². The summed E-state index contributed by atoms with van der Waals surface area (Å²) >= 11 is 0. The fourth-order valence-corrected chi connectivity index (χ4v) is 2.80. The van der Waals surface area contributed by atoms with E-state index in [9.17, 15) is 14.7 Å². The summed E-state index contributed by atoms with van der Waals surface area (Å²) in [5.41, 5.74) is 2.09. The molecule has 1 aromatic heterocycles. The molecule has 0 aliphatic carbocycles. The molecule has 0 radical (unpaired) electrons. The van der Waals surface area contributed by atoms with Crippen LogP contribution in [0.5, 0.6) is 0 Å². The Kier molecular flexibility index (Phi) is 5.82. The Balaban J connectivity index is 1.80. The molecule has 0 unspecified atom stereocenters. The van der Waals surface area contributed by atoms with Crippen LogP contribution in [0.1, 0.15) is 11.1 Å². The number of benzene rings is 2. The van der Waals surface area contributed by atoms with Crippen molar-refractivity contribution in [3.8, 4) is 17.5 Å². The van der Waals surface area contributed by atoms with Crippen LogP contribution in [-0.4, -0.2) is 27.2 Å². The Labute approximate surface area is 161 Å². The summed E-state index contributed by atoms with van der Waals surface area (Å²) < 4.78 is 1.15. The molecule has 0 spiro atoms. The molecule has 3 aromatic rings. The molecule has 7 heteroatoms. The fraction of sp³-hybridized carbons (Fsp3) is 0.143. The van der Waals surface area contributed by atoms with Gasteiger partial charge in [-0.3, -0.25) is 14.2 Å². The number of nitrogens with one attached hydrogen (secondary N) is 1. The van der Waals surface area contributed by atoms with Gasteiger partial charge in [-0.1, -0.05) is 42.5 Å². The van der Waals surface area contributed by atoms with Crippen LogP contribution >= 0.6 is 0 Å². The number of carbonyl (C=O) groups is 1. The average Bonchev–Trinajstić information content (AvgIpc) is 2.71. The van der Waals surface area contributed by atoms with Gasteiger partial charge in [0, 0.05) is 12.1 Å². The first-order chi connectivity index (χ1) is 13.6. The van der Waals surface area contributed by atoms with Crippen LogP contribution in [0.25, 0.3) is 11.4 Å². The number of aliphatic carboxylic acids is 1. The van der Waals surface area contributed by atoms with Gasteiger partial charge < -0.3 is 10.4 Å². The quantitative estimate of drug-likeness (QED) is 0.658. The Hall–Kier alpha value is -3.92. The van der Waals surface area contributed by atoms with Gasteiger partial charge in [-0.05, 0) is 24.1 Å². The number of carboxylic acid groups (broad SMARTS) is 1. The van der Waals surface area contributed by atoms with Crippen molar-refractivity contribution < 1.29 is 9.90 Å². The number of rotatable bonds is 7. The molecular weight excluding hydrogens is 356 g/mol. The van der Waals surface area contributed by atoms with E-state index in [0.717, 1.165) is 10.1 Å². The van der Waals surface area contributed by atoms with Crippen molar-refractivity contribution in [3.05, 3.63) is 82.3 Å². The van der Waals surface area contributed by atoms with Gasteiger partial charge in [0.15, 0.2) is 0 Å². The molecule has 0 bridgehead atoms. The molecule has 0 saturated heterocycles. The van der Waals surface area contributed by atoms with Gasteiger partial charge >= 0.3 is 5.97 Å². The van der Waals surface area contributed by atoms with E-state index in [1.807, 2.05) is 18.2 Å². The second kappa shape index (κ2) is 8.64. The Morgan fingerprint density at radius 3 is 2.50 bits per heavy atom. The standard InChI is InChI=1S/C21H18N4O3/c22-12-16-8-6-15(7-9-16)10-11-23-18-13-24-20(17-4-2-1-3-5-17)25(21(18)28)14-19(26)27/h1-9,13,23H,10-11,14H2,(H,26,27). The van der Waals surface area contributed by atoms with Gasteiger partial charge in [-0.25, -0.2) is 4.98 Å². The number of aromatic nitrogens is 2. The van der Waals surface area contributed by atoms with E-state index < -0.39 is 18.1 Å². The van der Waals surface area contributed by atoms with Gasteiger partial charge in [0.25, 0.3) is 5.56 Å². The third-order valence-corrected chi connectivity index (χ3v) is 4.18. The van der Waals surface area contributed by atoms with Crippen LogP contribution in [0.3, 0.4) is 0 Å². The molecule has 0 saturated carbocycles. The highest BCUT2D eigenvalue weighted by Crippen LogP contribution is 2.16. The molecule has 0 aliphatic heterocycles. The summed E-state index contributed by atoms with van der Waals surface area (Å²) in [6.45, 7) is 0.00176. The fourth-order valence-electron chi connectivity index (χ4n) is 2.80. The number of nitriles is 1. The lowest BCUT2D eigenvalue weighted by Gasteiger charge is -2.13. The monoisotopic (exact) mass is 374 g/mol. The summed E-state index contributed by atoms with van der Waals surface area (Å²) in [6, 6.07) is 18.3. The molecule has 2 aromatic carbocycles. The second-order valence-electron chi connectivity index (χ2n) is 6.13. The third-order valence-electron chi connectivity index (χ3n) is 4.18. The first-order valence-corrected chi connectivity index (χ1v) is 8.68. The van der Waals surface area contributed by atoms with E-state index in [4.69, 9.17) is 5.26 Å². The van der Waals surface area contributed by atoms with Crippen LogP contribution < -0.4 is 10.9 Å². The smallest absolute Gasteiger partial charge is 0.323 e. The number of carboxylic acids is 1. The zero-order chi connectivity index (χ0) is 19.9. The Morgan fingerprint density at radius 2 is 1.86 bits per heavy atom. The third kappa shape index (κ3) is 4.43. The van der Waals surface area contributed by atoms with E-state index in [1.165, 1.54) is 6.20 Å². The van der Waals surface area contributed by atoms with Crippen molar-refractivity contribution in [1.29, 1.82) is 5.26 Å². The lowest BCUT2D eigenvalue weighted by molar-refractivity contribution is -0.137. The first-order valence-electron chi connectivity index (χ1n) is 8.68. The van der Waals surface area contributed by atoms with Crippen LogP contribution in [-0.2, 0) is 17.8 Å². The maximum atomic E-state index is 12.8. The minimum atomic E-state index is -1.11. The molecule has 140 valence electrons. The van der Waals surface area contributed by atoms with Crippen molar-refractivity contribution in [2.75, 3.05) is 11.9 Å². The molecule has 2 N–H and O–H groups in total. The van der Waals surface area contributed by atoms with Gasteiger partial charge in [0.05, 0.1) is 17.8 Å². The van der Waals surface area contributed by atoms with E-state index >= 15 is 0 Å². The minimum Gasteiger partial charge on any atom is -0.480 e. The average molecular weight is 374 g/mol. The maximum absolute atomic E-state index is 12.8. The minimum absolute atomic E-state index is 0.245. The highest BCUT2D eigenvalue weighted by atomic mass is 16.4. The Morgan fingerprint density at radius 1 is 1.14 bits per heavy atom. The molecule has 1 heterocycles. The van der Waals surface area contributed by atoms with Gasteiger partial charge in [-0.15, -0.1) is 0 Å². The predicted molar refractivity (Wildman–Crippen MR) is 105 cm³/mol. The first kappa shape index (κ1) is 18.9. The number of nitrogens with zero attached hydrogens (tertiary/aromatic N) is 3. The Bertz CT molecular complexity index is 1070. The summed E-state index contributed by atoms with van der Waals surface area (Å²) in [6.07, 6.45) is 2.08. The highest BCUT2D eigenvalue weighted by molar-refractivity contribution is 5.68. The molecule has 3 rings (SSSR count). The highest BCUT2D eigenvalue weighted by Gasteiger charge is 2.14. The van der Waals surface area contributed by atoms with Gasteiger partial charge in [0.1, 0.15) is 18.1 Å². The second-order valence-corrected chi connectivity index (χ2v) is 6.13. The summed E-state index contributed by atoms with van der Waals surface area (Å²) in [5.74, 6) is -0.804. The van der Waals surface area contributed by atoms with Crippen LogP contribution in [0.2, 0.25) is 0 Å². The summed E-state index contributed by atoms with van der Waals surface area (Å²) in [5, 5.41) is 21.0. The van der Waals surface area contributed by atoms with Crippen molar-refractivity contribution in [1.82, 2.24) is 9.55 Å². The van der Waals surface area contributed by atoms with E-state index in [2.05, 4.69) is 16.4 Å². The topological polar surface area (TPSA) is 108 Å². The zero-order valence-electron chi connectivity index (χ0n) is 15.0. The van der Waals surface area contributed by atoms with E-state index in [-0.39, 0.29) is 5.69 Å². The number of hydrogen-bond donors (Lipinski definition) is 2. The molecule has 28 heavy (non-hydrogen) atoms. The molecule has 0 amide bonds. The number of hydrogen-bond acceptors (Lipinski definition) is 5. The van der Waals surface area contributed by atoms with Crippen LogP contribution in [0, 0.1) is 11.3 Å². The number of anilines is 1. The normalized spacial score (nSPS) is 10.2. The molecule has 7 nitrogen and oxygen atoms in total. The van der Waals surface area contributed by atoms with Crippen molar-refractivity contribution in [3.63, 3.8) is 0 Å².